The second-order valence-electron chi connectivity index (χ2n) is 5.30. The molecule has 0 saturated carbocycles. The van der Waals surface area contributed by atoms with E-state index in [1.54, 1.807) is 21.0 Å². The van der Waals surface area contributed by atoms with Crippen molar-refractivity contribution in [3.63, 3.8) is 0 Å². The van der Waals surface area contributed by atoms with E-state index in [9.17, 15) is 9.59 Å². The molecule has 0 aliphatic heterocycles. The first kappa shape index (κ1) is 16.9. The minimum atomic E-state index is -0.732. The summed E-state index contributed by atoms with van der Waals surface area (Å²) in [7, 11) is 3.27. The molecule has 0 rings (SSSR count). The van der Waals surface area contributed by atoms with Crippen molar-refractivity contribution >= 4 is 11.9 Å². The molecule has 0 heterocycles. The molecule has 5 nitrogen and oxygen atoms in total. The first-order valence-electron chi connectivity index (χ1n) is 6.38. The number of ether oxygens (including phenoxy) is 1. The highest BCUT2D eigenvalue weighted by Gasteiger charge is 2.21. The summed E-state index contributed by atoms with van der Waals surface area (Å²) in [5, 5.41) is 0. The van der Waals surface area contributed by atoms with Crippen molar-refractivity contribution in [2.75, 3.05) is 20.6 Å². The number of rotatable bonds is 7. The Balaban J connectivity index is 4.20. The number of hydrogen-bond acceptors (Lipinski definition) is 4. The lowest BCUT2D eigenvalue weighted by atomic mass is 9.94. The molecule has 0 aromatic carbocycles. The van der Waals surface area contributed by atoms with Crippen molar-refractivity contribution in [1.29, 1.82) is 0 Å². The molecule has 0 aromatic heterocycles. The van der Waals surface area contributed by atoms with E-state index >= 15 is 0 Å². The number of nitrogens with two attached hydrogens (primary N) is 1. The molecule has 0 saturated heterocycles. The summed E-state index contributed by atoms with van der Waals surface area (Å²) >= 11 is 0. The number of likely N-dealkylation sites (N-methyl/N-ethyl adjacent to an activating group) is 1. The van der Waals surface area contributed by atoms with Gasteiger partial charge in [-0.2, -0.15) is 0 Å². The van der Waals surface area contributed by atoms with E-state index in [0.717, 1.165) is 6.42 Å². The molecule has 18 heavy (non-hydrogen) atoms. The van der Waals surface area contributed by atoms with E-state index in [1.165, 1.54) is 4.90 Å². The number of hydrogen-bond donors (Lipinski definition) is 1. The zero-order valence-corrected chi connectivity index (χ0v) is 12.1. The Labute approximate surface area is 110 Å². The third kappa shape index (κ3) is 6.59. The summed E-state index contributed by atoms with van der Waals surface area (Å²) in [5.74, 6) is 0.0525. The first-order chi connectivity index (χ1) is 8.27. The van der Waals surface area contributed by atoms with Gasteiger partial charge < -0.3 is 15.4 Å². The van der Waals surface area contributed by atoms with Crippen LogP contribution in [0.2, 0.25) is 0 Å². The molecule has 0 bridgehead atoms. The monoisotopic (exact) mass is 258 g/mol. The molecule has 0 aliphatic carbocycles. The molecule has 0 spiro atoms. The van der Waals surface area contributed by atoms with E-state index in [1.807, 2.05) is 0 Å². The fourth-order valence-corrected chi connectivity index (χ4v) is 1.82. The molecule has 5 heteroatoms. The zero-order chi connectivity index (χ0) is 14.3. The smallest absolute Gasteiger partial charge is 0.306 e. The third-order valence-electron chi connectivity index (χ3n) is 2.69. The fourth-order valence-electron chi connectivity index (χ4n) is 1.82. The fraction of sp³-hybridized carbons (Fsp3) is 0.846. The number of carbonyl (C=O) groups is 2. The van der Waals surface area contributed by atoms with E-state index in [0.29, 0.717) is 12.5 Å². The molecule has 0 aromatic rings. The minimum absolute atomic E-state index is 0.124. The topological polar surface area (TPSA) is 72.6 Å². The van der Waals surface area contributed by atoms with Gasteiger partial charge in [0.2, 0.25) is 0 Å². The maximum Gasteiger partial charge on any atom is 0.306 e. The van der Waals surface area contributed by atoms with Crippen molar-refractivity contribution in [2.24, 2.45) is 17.6 Å². The van der Waals surface area contributed by atoms with Crippen LogP contribution in [0.1, 0.15) is 33.6 Å². The molecule has 0 fully saturated rings. The molecule has 2 atom stereocenters. The average molecular weight is 258 g/mol. The predicted octanol–water partition coefficient (Wildman–Crippen LogP) is 1.02. The number of carbonyl (C=O) groups excluding carboxylic acids is 2. The Kier molecular flexibility index (Phi) is 7.59. The largest absolute Gasteiger partial charge is 0.453 e. The van der Waals surface area contributed by atoms with Crippen LogP contribution in [0.4, 0.5) is 0 Å². The van der Waals surface area contributed by atoms with Crippen LogP contribution in [0.25, 0.3) is 0 Å². The van der Waals surface area contributed by atoms with Crippen LogP contribution in [-0.2, 0) is 14.3 Å². The predicted molar refractivity (Wildman–Crippen MR) is 70.9 cm³/mol. The Morgan fingerprint density at radius 2 is 1.78 bits per heavy atom. The van der Waals surface area contributed by atoms with Crippen LogP contribution in [0.3, 0.4) is 0 Å². The van der Waals surface area contributed by atoms with Crippen molar-refractivity contribution in [3.05, 3.63) is 0 Å². The highest BCUT2D eigenvalue weighted by Crippen LogP contribution is 2.15. The molecule has 0 radical (unpaired) electrons. The van der Waals surface area contributed by atoms with Crippen molar-refractivity contribution in [3.8, 4) is 0 Å². The number of nitrogens with zero attached hydrogens (tertiary/aromatic N) is 1. The normalized spacial score (nSPS) is 14.2. The van der Waals surface area contributed by atoms with Gasteiger partial charge in [-0.05, 0) is 31.7 Å². The van der Waals surface area contributed by atoms with Crippen LogP contribution in [0.5, 0.6) is 0 Å². The maximum atomic E-state index is 11.7. The van der Waals surface area contributed by atoms with Gasteiger partial charge >= 0.3 is 5.97 Å². The lowest BCUT2D eigenvalue weighted by molar-refractivity contribution is -0.158. The van der Waals surface area contributed by atoms with E-state index < -0.39 is 6.10 Å². The molecule has 106 valence electrons. The molecular formula is C13H26N2O3. The number of esters is 1. The lowest BCUT2D eigenvalue weighted by Gasteiger charge is -2.20. The van der Waals surface area contributed by atoms with Gasteiger partial charge in [0.05, 0.1) is 0 Å². The Hall–Kier alpha value is -1.10. The zero-order valence-electron chi connectivity index (χ0n) is 12.1. The summed E-state index contributed by atoms with van der Waals surface area (Å²) in [6.45, 7) is 6.22. The summed E-state index contributed by atoms with van der Waals surface area (Å²) in [6.07, 6.45) is 0.436. The molecule has 0 unspecified atom stereocenters. The Morgan fingerprint density at radius 1 is 1.22 bits per heavy atom. The van der Waals surface area contributed by atoms with Crippen LogP contribution in [0, 0.1) is 11.8 Å². The van der Waals surface area contributed by atoms with Gasteiger partial charge in [0.25, 0.3) is 5.91 Å². The number of amides is 1. The van der Waals surface area contributed by atoms with Gasteiger partial charge in [0, 0.05) is 20.5 Å². The molecule has 1 amide bonds. The summed E-state index contributed by atoms with van der Waals surface area (Å²) < 4.78 is 5.10. The second-order valence-corrected chi connectivity index (χ2v) is 5.30. The highest BCUT2D eigenvalue weighted by atomic mass is 16.5. The molecule has 0 aliphatic rings. The van der Waals surface area contributed by atoms with Gasteiger partial charge in [-0.15, -0.1) is 0 Å². The van der Waals surface area contributed by atoms with Crippen LogP contribution in [0.15, 0.2) is 0 Å². The third-order valence-corrected chi connectivity index (χ3v) is 2.69. The van der Waals surface area contributed by atoms with Gasteiger partial charge in [-0.1, -0.05) is 13.8 Å². The highest BCUT2D eigenvalue weighted by molar-refractivity contribution is 5.83. The van der Waals surface area contributed by atoms with E-state index in [4.69, 9.17) is 10.5 Å². The van der Waals surface area contributed by atoms with Crippen LogP contribution >= 0.6 is 0 Å². The van der Waals surface area contributed by atoms with Crippen molar-refractivity contribution < 1.29 is 14.3 Å². The SMILES string of the molecule is CC(C)C[C@H](CN)CC(=O)O[C@H](C)C(=O)N(C)C. The standard InChI is InChI=1S/C13H26N2O3/c1-9(2)6-11(8-14)7-12(16)18-10(3)13(17)15(4)5/h9-11H,6-8,14H2,1-5H3/t10-,11+/m1/s1. The van der Waals surface area contributed by atoms with E-state index in [-0.39, 0.29) is 24.2 Å². The van der Waals surface area contributed by atoms with E-state index in [2.05, 4.69) is 13.8 Å². The van der Waals surface area contributed by atoms with Crippen molar-refractivity contribution in [1.82, 2.24) is 4.90 Å². The molecular weight excluding hydrogens is 232 g/mol. The Morgan fingerprint density at radius 3 is 2.17 bits per heavy atom. The van der Waals surface area contributed by atoms with Crippen LogP contribution < -0.4 is 5.73 Å². The first-order valence-corrected chi connectivity index (χ1v) is 6.38. The van der Waals surface area contributed by atoms with Gasteiger partial charge in [-0.3, -0.25) is 9.59 Å². The van der Waals surface area contributed by atoms with Crippen LogP contribution in [-0.4, -0.2) is 43.5 Å². The quantitative estimate of drug-likeness (QED) is 0.692. The van der Waals surface area contributed by atoms with Gasteiger partial charge in [0.1, 0.15) is 0 Å². The molecule has 2 N–H and O–H groups in total. The summed E-state index contributed by atoms with van der Waals surface area (Å²) in [6, 6.07) is 0. The summed E-state index contributed by atoms with van der Waals surface area (Å²) in [4.78, 5) is 24.6. The summed E-state index contributed by atoms with van der Waals surface area (Å²) in [5.41, 5.74) is 5.63. The maximum absolute atomic E-state index is 11.7. The second kappa shape index (κ2) is 8.08. The van der Waals surface area contributed by atoms with Gasteiger partial charge in [-0.25, -0.2) is 0 Å². The lowest BCUT2D eigenvalue weighted by Crippen LogP contribution is -2.35. The minimum Gasteiger partial charge on any atom is -0.453 e. The Bertz CT molecular complexity index is 277. The van der Waals surface area contributed by atoms with Crippen molar-refractivity contribution in [2.45, 2.75) is 39.7 Å². The average Bonchev–Trinajstić information content (AvgIpc) is 2.25. The van der Waals surface area contributed by atoms with Gasteiger partial charge in [0.15, 0.2) is 6.10 Å².